The summed E-state index contributed by atoms with van der Waals surface area (Å²) in [4.78, 5) is 3.99. The molecule has 1 fully saturated rings. The minimum Gasteiger partial charge on any atom is -0.486 e. The lowest BCUT2D eigenvalue weighted by Gasteiger charge is -2.22. The van der Waals surface area contributed by atoms with Crippen LogP contribution in [-0.2, 0) is 9.84 Å². The van der Waals surface area contributed by atoms with Gasteiger partial charge in [-0.15, -0.1) is 0 Å². The molecule has 5 rings (SSSR count). The first-order chi connectivity index (χ1) is 15.8. The van der Waals surface area contributed by atoms with Crippen LogP contribution in [0.4, 0.5) is 0 Å². The van der Waals surface area contributed by atoms with Gasteiger partial charge in [0.2, 0.25) is 0 Å². The van der Waals surface area contributed by atoms with E-state index in [9.17, 15) is 8.42 Å². The minimum atomic E-state index is -2.92. The van der Waals surface area contributed by atoms with Crippen LogP contribution in [0.3, 0.4) is 0 Å². The number of hydrogen-bond donors (Lipinski definition) is 1. The molecule has 172 valence electrons. The molecule has 1 N–H and O–H groups in total. The number of nitrogens with one attached hydrogen (secondary N) is 1. The molecule has 1 aromatic carbocycles. The predicted molar refractivity (Wildman–Crippen MR) is 128 cm³/mol. The van der Waals surface area contributed by atoms with E-state index in [1.165, 1.54) is 0 Å². The number of ether oxygens (including phenoxy) is 1. The molecule has 3 aromatic heterocycles. The largest absolute Gasteiger partial charge is 0.486 e. The number of halogens is 2. The average Bonchev–Trinajstić information content (AvgIpc) is 3.40. The molecule has 1 unspecified atom stereocenters. The highest BCUT2D eigenvalue weighted by Gasteiger charge is 2.25. The molecule has 0 saturated carbocycles. The van der Waals surface area contributed by atoms with Crippen molar-refractivity contribution in [3.63, 3.8) is 0 Å². The second-order valence-electron chi connectivity index (χ2n) is 8.15. The van der Waals surface area contributed by atoms with E-state index < -0.39 is 9.84 Å². The van der Waals surface area contributed by atoms with Crippen LogP contribution >= 0.6 is 23.2 Å². The van der Waals surface area contributed by atoms with E-state index in [0.29, 0.717) is 34.2 Å². The lowest BCUT2D eigenvalue weighted by atomic mass is 10.1. The zero-order valence-electron chi connectivity index (χ0n) is 17.7. The number of fused-ring (bicyclic) bond motifs is 1. The van der Waals surface area contributed by atoms with Gasteiger partial charge in [-0.05, 0) is 38.0 Å². The standard InChI is InChI=1S/C22H21Cl2N5O3S/c1-13(21-18(23)10-25-11-19(21)24)32-16-2-3-20-17(8-16)22(28-27-20)14-9-26-29(12-14)15-4-6-33(30,31)7-5-15/h2-3,8-13,15H,4-7H2,1H3,(H,27,28). The van der Waals surface area contributed by atoms with Crippen molar-refractivity contribution in [2.45, 2.75) is 31.9 Å². The Hall–Kier alpha value is -2.62. The van der Waals surface area contributed by atoms with Crippen LogP contribution in [-0.4, -0.2) is 44.9 Å². The third kappa shape index (κ3) is 4.45. The molecule has 4 heterocycles. The highest BCUT2D eigenvalue weighted by Crippen LogP contribution is 2.35. The van der Waals surface area contributed by atoms with E-state index in [1.54, 1.807) is 18.6 Å². The van der Waals surface area contributed by atoms with Crippen molar-refractivity contribution in [1.82, 2.24) is 25.0 Å². The fraction of sp³-hybridized carbons (Fsp3) is 0.318. The van der Waals surface area contributed by atoms with Gasteiger partial charge in [0.05, 0.1) is 39.3 Å². The van der Waals surface area contributed by atoms with E-state index in [-0.39, 0.29) is 23.7 Å². The van der Waals surface area contributed by atoms with Crippen molar-refractivity contribution in [2.24, 2.45) is 0 Å². The first-order valence-corrected chi connectivity index (χ1v) is 13.1. The molecule has 1 atom stereocenters. The molecule has 0 bridgehead atoms. The second-order valence-corrected chi connectivity index (χ2v) is 11.3. The molecule has 8 nitrogen and oxygen atoms in total. The van der Waals surface area contributed by atoms with Gasteiger partial charge in [0.25, 0.3) is 0 Å². The van der Waals surface area contributed by atoms with Gasteiger partial charge in [-0.1, -0.05) is 23.2 Å². The molecular weight excluding hydrogens is 485 g/mol. The summed E-state index contributed by atoms with van der Waals surface area (Å²) in [5.74, 6) is 1.04. The lowest BCUT2D eigenvalue weighted by Crippen LogP contribution is -2.25. The van der Waals surface area contributed by atoms with Gasteiger partial charge >= 0.3 is 0 Å². The Morgan fingerprint density at radius 1 is 1.15 bits per heavy atom. The molecular formula is C22H21Cl2N5O3S. The molecule has 0 aliphatic carbocycles. The number of pyridine rings is 1. The van der Waals surface area contributed by atoms with E-state index in [1.807, 2.05) is 36.0 Å². The fourth-order valence-corrected chi connectivity index (χ4v) is 6.30. The molecule has 0 spiro atoms. The summed E-state index contributed by atoms with van der Waals surface area (Å²) in [5, 5.41) is 13.8. The number of rotatable bonds is 5. The zero-order chi connectivity index (χ0) is 23.2. The summed E-state index contributed by atoms with van der Waals surface area (Å²) in [5.41, 5.74) is 3.14. The first kappa shape index (κ1) is 22.2. The number of H-pyrrole nitrogens is 1. The summed E-state index contributed by atoms with van der Waals surface area (Å²) in [6.45, 7) is 1.88. The Kier molecular flexibility index (Phi) is 5.80. The van der Waals surface area contributed by atoms with Crippen molar-refractivity contribution in [3.05, 3.63) is 58.6 Å². The summed E-state index contributed by atoms with van der Waals surface area (Å²) in [6, 6.07) is 5.75. The van der Waals surface area contributed by atoms with Crippen LogP contribution in [0, 0.1) is 0 Å². The Morgan fingerprint density at radius 3 is 2.61 bits per heavy atom. The zero-order valence-corrected chi connectivity index (χ0v) is 20.0. The third-order valence-electron chi connectivity index (χ3n) is 5.92. The van der Waals surface area contributed by atoms with Crippen LogP contribution in [0.25, 0.3) is 22.2 Å². The number of benzene rings is 1. The monoisotopic (exact) mass is 505 g/mol. The molecule has 1 aliphatic heterocycles. The highest BCUT2D eigenvalue weighted by molar-refractivity contribution is 7.91. The summed E-state index contributed by atoms with van der Waals surface area (Å²) >= 11 is 12.5. The van der Waals surface area contributed by atoms with Crippen molar-refractivity contribution < 1.29 is 13.2 Å². The normalized spacial score (nSPS) is 17.3. The van der Waals surface area contributed by atoms with E-state index >= 15 is 0 Å². The van der Waals surface area contributed by atoms with Crippen LogP contribution in [0.2, 0.25) is 10.0 Å². The molecule has 4 aromatic rings. The van der Waals surface area contributed by atoms with Gasteiger partial charge in [0.1, 0.15) is 27.4 Å². The molecule has 33 heavy (non-hydrogen) atoms. The number of hydrogen-bond acceptors (Lipinski definition) is 6. The lowest BCUT2D eigenvalue weighted by molar-refractivity contribution is 0.227. The number of nitrogens with zero attached hydrogens (tertiary/aromatic N) is 4. The van der Waals surface area contributed by atoms with Crippen LogP contribution in [0.5, 0.6) is 5.75 Å². The van der Waals surface area contributed by atoms with Crippen molar-refractivity contribution in [1.29, 1.82) is 0 Å². The number of aromatic nitrogens is 5. The molecule has 1 aliphatic rings. The van der Waals surface area contributed by atoms with Crippen LogP contribution < -0.4 is 4.74 Å². The maximum atomic E-state index is 11.7. The van der Waals surface area contributed by atoms with Gasteiger partial charge in [-0.2, -0.15) is 10.2 Å². The highest BCUT2D eigenvalue weighted by atomic mass is 35.5. The smallest absolute Gasteiger partial charge is 0.150 e. The fourth-order valence-electron chi connectivity index (χ4n) is 4.16. The second kappa shape index (κ2) is 8.62. The summed E-state index contributed by atoms with van der Waals surface area (Å²) in [6.07, 6.45) is 7.52. The Balaban J connectivity index is 1.41. The van der Waals surface area contributed by atoms with Crippen LogP contribution in [0.1, 0.15) is 37.5 Å². The van der Waals surface area contributed by atoms with Gasteiger partial charge < -0.3 is 4.74 Å². The van der Waals surface area contributed by atoms with Crippen molar-refractivity contribution in [2.75, 3.05) is 11.5 Å². The van der Waals surface area contributed by atoms with Gasteiger partial charge in [0, 0.05) is 35.1 Å². The van der Waals surface area contributed by atoms with Gasteiger partial charge in [0.15, 0.2) is 0 Å². The molecule has 0 amide bonds. The predicted octanol–water partition coefficient (Wildman–Crippen LogP) is 5.02. The maximum absolute atomic E-state index is 11.7. The molecule has 0 radical (unpaired) electrons. The summed E-state index contributed by atoms with van der Waals surface area (Å²) in [7, 11) is -2.92. The van der Waals surface area contributed by atoms with E-state index in [2.05, 4.69) is 20.3 Å². The van der Waals surface area contributed by atoms with Crippen molar-refractivity contribution >= 4 is 43.9 Å². The minimum absolute atomic E-state index is 0.0714. The Morgan fingerprint density at radius 2 is 1.88 bits per heavy atom. The van der Waals surface area contributed by atoms with Crippen LogP contribution in [0.15, 0.2) is 43.0 Å². The third-order valence-corrected chi connectivity index (χ3v) is 8.24. The molecule has 11 heteroatoms. The SMILES string of the molecule is CC(Oc1ccc2[nH]nc(-c3cnn(C4CCS(=O)(=O)CC4)c3)c2c1)c1c(Cl)cncc1Cl. The summed E-state index contributed by atoms with van der Waals surface area (Å²) < 4.78 is 31.4. The van der Waals surface area contributed by atoms with Gasteiger partial charge in [-0.25, -0.2) is 8.42 Å². The van der Waals surface area contributed by atoms with Crippen molar-refractivity contribution in [3.8, 4) is 17.0 Å². The first-order valence-electron chi connectivity index (χ1n) is 10.5. The topological polar surface area (TPSA) is 103 Å². The number of sulfone groups is 1. The Bertz CT molecular complexity index is 1400. The van der Waals surface area contributed by atoms with Gasteiger partial charge in [-0.3, -0.25) is 14.8 Å². The van der Waals surface area contributed by atoms with E-state index in [0.717, 1.165) is 22.2 Å². The van der Waals surface area contributed by atoms with E-state index in [4.69, 9.17) is 27.9 Å². The quantitative estimate of drug-likeness (QED) is 0.408. The maximum Gasteiger partial charge on any atom is 0.150 e. The Labute approximate surface area is 200 Å². The average molecular weight is 506 g/mol. The molecule has 1 saturated heterocycles. The number of aromatic amines is 1.